The maximum absolute atomic E-state index is 12.9. The molecule has 1 aliphatic heterocycles. The molecule has 1 aromatic carbocycles. The molecular formula is C20H23N3O4. The van der Waals surface area contributed by atoms with Gasteiger partial charge in [-0.15, -0.1) is 0 Å². The second-order valence-corrected chi connectivity index (χ2v) is 6.34. The van der Waals surface area contributed by atoms with Crippen LogP contribution in [-0.4, -0.2) is 48.2 Å². The van der Waals surface area contributed by atoms with Crippen LogP contribution in [0.4, 0.5) is 10.5 Å². The molecule has 0 bridgehead atoms. The van der Waals surface area contributed by atoms with Gasteiger partial charge in [0.05, 0.1) is 31.0 Å². The van der Waals surface area contributed by atoms with Gasteiger partial charge < -0.3 is 19.7 Å². The van der Waals surface area contributed by atoms with Crippen LogP contribution in [0, 0.1) is 0 Å². The smallest absolute Gasteiger partial charge is 0.337 e. The molecule has 0 radical (unpaired) electrons. The minimum atomic E-state index is -0.448. The second kappa shape index (κ2) is 9.14. The van der Waals surface area contributed by atoms with E-state index in [1.807, 2.05) is 18.2 Å². The molecule has 1 fully saturated rings. The molecule has 2 amide bonds. The van der Waals surface area contributed by atoms with Crippen LogP contribution in [0.25, 0.3) is 0 Å². The summed E-state index contributed by atoms with van der Waals surface area (Å²) in [6.45, 7) is 1.59. The first-order chi connectivity index (χ1) is 13.2. The van der Waals surface area contributed by atoms with E-state index in [4.69, 9.17) is 9.47 Å². The summed E-state index contributed by atoms with van der Waals surface area (Å²) in [5.41, 5.74) is 1.71. The van der Waals surface area contributed by atoms with Crippen LogP contribution >= 0.6 is 0 Å². The van der Waals surface area contributed by atoms with Gasteiger partial charge in [0.2, 0.25) is 0 Å². The molecule has 0 saturated carbocycles. The highest BCUT2D eigenvalue weighted by atomic mass is 16.5. The van der Waals surface area contributed by atoms with Gasteiger partial charge in [0.15, 0.2) is 0 Å². The van der Waals surface area contributed by atoms with Crippen LogP contribution in [0.3, 0.4) is 0 Å². The van der Waals surface area contributed by atoms with Crippen molar-refractivity contribution in [1.82, 2.24) is 9.88 Å². The molecule has 7 heteroatoms. The van der Waals surface area contributed by atoms with Gasteiger partial charge in [-0.1, -0.05) is 12.1 Å². The summed E-state index contributed by atoms with van der Waals surface area (Å²) in [5.74, 6) is -0.448. The Morgan fingerprint density at radius 3 is 2.89 bits per heavy atom. The first-order valence-electron chi connectivity index (χ1n) is 8.91. The Morgan fingerprint density at radius 1 is 1.30 bits per heavy atom. The van der Waals surface area contributed by atoms with Gasteiger partial charge in [-0.25, -0.2) is 9.59 Å². The monoisotopic (exact) mass is 369 g/mol. The van der Waals surface area contributed by atoms with Crippen molar-refractivity contribution in [1.29, 1.82) is 0 Å². The van der Waals surface area contributed by atoms with Crippen molar-refractivity contribution in [2.45, 2.75) is 25.5 Å². The van der Waals surface area contributed by atoms with E-state index in [9.17, 15) is 9.59 Å². The lowest BCUT2D eigenvalue weighted by molar-refractivity contribution is 0.0600. The molecule has 7 nitrogen and oxygen atoms in total. The lowest BCUT2D eigenvalue weighted by atomic mass is 10.2. The number of aromatic nitrogens is 1. The summed E-state index contributed by atoms with van der Waals surface area (Å²) in [7, 11) is 1.32. The number of hydrogen-bond acceptors (Lipinski definition) is 5. The van der Waals surface area contributed by atoms with E-state index in [2.05, 4.69) is 10.3 Å². The lowest BCUT2D eigenvalue weighted by Crippen LogP contribution is -2.39. The predicted molar refractivity (Wildman–Crippen MR) is 100 cm³/mol. The Balaban J connectivity index is 1.72. The van der Waals surface area contributed by atoms with Crippen molar-refractivity contribution < 1.29 is 19.1 Å². The highest BCUT2D eigenvalue weighted by Gasteiger charge is 2.23. The number of nitrogens with zero attached hydrogens (tertiary/aromatic N) is 2. The first kappa shape index (κ1) is 18.8. The number of methoxy groups -OCH3 is 1. The number of carbonyl (C=O) groups is 2. The molecule has 3 rings (SSSR count). The third kappa shape index (κ3) is 5.27. The summed E-state index contributed by atoms with van der Waals surface area (Å²) in [5, 5.41) is 2.85. The third-order valence-electron chi connectivity index (χ3n) is 4.35. The molecule has 27 heavy (non-hydrogen) atoms. The highest BCUT2D eigenvalue weighted by molar-refractivity contribution is 5.93. The zero-order valence-corrected chi connectivity index (χ0v) is 15.3. The van der Waals surface area contributed by atoms with Crippen molar-refractivity contribution in [2.75, 3.05) is 25.6 Å². The Labute approximate surface area is 158 Å². The van der Waals surface area contributed by atoms with Crippen LogP contribution in [0.2, 0.25) is 0 Å². The van der Waals surface area contributed by atoms with E-state index in [1.54, 1.807) is 35.4 Å². The minimum Gasteiger partial charge on any atom is -0.465 e. The second-order valence-electron chi connectivity index (χ2n) is 6.34. The molecule has 0 unspecified atom stereocenters. The van der Waals surface area contributed by atoms with Crippen molar-refractivity contribution >= 4 is 17.7 Å². The molecule has 1 N–H and O–H groups in total. The lowest BCUT2D eigenvalue weighted by Gasteiger charge is -2.25. The zero-order chi connectivity index (χ0) is 19.1. The quantitative estimate of drug-likeness (QED) is 0.792. The Kier molecular flexibility index (Phi) is 6.38. The van der Waals surface area contributed by atoms with E-state index in [-0.39, 0.29) is 12.1 Å². The highest BCUT2D eigenvalue weighted by Crippen LogP contribution is 2.17. The average molecular weight is 369 g/mol. The SMILES string of the molecule is COC(=O)c1cccc(NC(=O)N(Cc2ccccn2)C[C@@H]2CCCO2)c1. The molecule has 1 aliphatic rings. The number of benzene rings is 1. The summed E-state index contributed by atoms with van der Waals surface area (Å²) in [6, 6.07) is 12.0. The number of urea groups is 1. The van der Waals surface area contributed by atoms with Crippen molar-refractivity contribution in [3.63, 3.8) is 0 Å². The van der Waals surface area contributed by atoms with Crippen LogP contribution in [0.15, 0.2) is 48.7 Å². The molecule has 2 aromatic rings. The summed E-state index contributed by atoms with van der Waals surface area (Å²) in [4.78, 5) is 30.5. The maximum Gasteiger partial charge on any atom is 0.337 e. The molecule has 0 spiro atoms. The molecule has 1 atom stereocenters. The summed E-state index contributed by atoms with van der Waals surface area (Å²) >= 11 is 0. The van der Waals surface area contributed by atoms with E-state index in [0.717, 1.165) is 25.1 Å². The standard InChI is InChI=1S/C20H23N3O4/c1-26-19(24)15-6-4-8-16(12-15)22-20(25)23(14-18-9-5-11-27-18)13-17-7-2-3-10-21-17/h2-4,6-8,10,12,18H,5,9,11,13-14H2,1H3,(H,22,25)/t18-/m0/s1. The van der Waals surface area contributed by atoms with E-state index < -0.39 is 5.97 Å². The first-order valence-corrected chi connectivity index (χ1v) is 8.91. The number of carbonyl (C=O) groups excluding carboxylic acids is 2. The van der Waals surface area contributed by atoms with Gasteiger partial charge in [-0.3, -0.25) is 4.98 Å². The number of rotatable bonds is 6. The Hall–Kier alpha value is -2.93. The van der Waals surface area contributed by atoms with Crippen LogP contribution in [-0.2, 0) is 16.0 Å². The molecule has 142 valence electrons. The maximum atomic E-state index is 12.9. The van der Waals surface area contributed by atoms with Crippen LogP contribution in [0.5, 0.6) is 0 Å². The number of ether oxygens (including phenoxy) is 2. The Morgan fingerprint density at radius 2 is 2.19 bits per heavy atom. The van der Waals surface area contributed by atoms with Gasteiger partial charge in [0.1, 0.15) is 0 Å². The van der Waals surface area contributed by atoms with Crippen LogP contribution in [0.1, 0.15) is 28.9 Å². The number of anilines is 1. The molecule has 1 aromatic heterocycles. The van der Waals surface area contributed by atoms with Gasteiger partial charge >= 0.3 is 12.0 Å². The molecule has 1 saturated heterocycles. The third-order valence-corrected chi connectivity index (χ3v) is 4.35. The van der Waals surface area contributed by atoms with Gasteiger partial charge in [0, 0.05) is 25.0 Å². The fourth-order valence-electron chi connectivity index (χ4n) is 2.98. The number of amides is 2. The fraction of sp³-hybridized carbons (Fsp3) is 0.350. The number of esters is 1. The summed E-state index contributed by atoms with van der Waals surface area (Å²) < 4.78 is 10.4. The number of pyridine rings is 1. The summed E-state index contributed by atoms with van der Waals surface area (Å²) in [6.07, 6.45) is 3.67. The molecular weight excluding hydrogens is 346 g/mol. The number of hydrogen-bond donors (Lipinski definition) is 1. The van der Waals surface area contributed by atoms with Gasteiger partial charge in [-0.2, -0.15) is 0 Å². The molecule has 0 aliphatic carbocycles. The normalized spacial score (nSPS) is 16.0. The van der Waals surface area contributed by atoms with Crippen molar-refractivity contribution in [3.05, 3.63) is 59.9 Å². The molecule has 2 heterocycles. The van der Waals surface area contributed by atoms with Gasteiger partial charge in [0.25, 0.3) is 0 Å². The average Bonchev–Trinajstić information content (AvgIpc) is 3.21. The van der Waals surface area contributed by atoms with E-state index >= 15 is 0 Å². The fourth-order valence-corrected chi connectivity index (χ4v) is 2.98. The van der Waals surface area contributed by atoms with Crippen molar-refractivity contribution in [3.8, 4) is 0 Å². The topological polar surface area (TPSA) is 80.8 Å². The largest absolute Gasteiger partial charge is 0.465 e. The Bertz CT molecular complexity index is 776. The number of nitrogens with one attached hydrogen (secondary N) is 1. The van der Waals surface area contributed by atoms with E-state index in [1.165, 1.54) is 7.11 Å². The van der Waals surface area contributed by atoms with Crippen LogP contribution < -0.4 is 5.32 Å². The zero-order valence-electron chi connectivity index (χ0n) is 15.3. The van der Waals surface area contributed by atoms with Gasteiger partial charge in [-0.05, 0) is 43.2 Å². The van der Waals surface area contributed by atoms with E-state index in [0.29, 0.717) is 24.3 Å². The minimum absolute atomic E-state index is 0.0286. The van der Waals surface area contributed by atoms with Crippen molar-refractivity contribution in [2.24, 2.45) is 0 Å². The predicted octanol–water partition coefficient (Wildman–Crippen LogP) is 3.08.